The number of urea groups is 1. The van der Waals surface area contributed by atoms with Gasteiger partial charge in [0.05, 0.1) is 5.69 Å². The molecule has 2 heterocycles. The lowest BCUT2D eigenvalue weighted by Gasteiger charge is -2.26. The Hall–Kier alpha value is -3.67. The van der Waals surface area contributed by atoms with Crippen molar-refractivity contribution in [3.05, 3.63) is 71.4 Å². The van der Waals surface area contributed by atoms with Crippen LogP contribution in [0.5, 0.6) is 0 Å². The summed E-state index contributed by atoms with van der Waals surface area (Å²) in [6.07, 6.45) is 4.48. The van der Waals surface area contributed by atoms with Gasteiger partial charge in [0.1, 0.15) is 5.57 Å². The summed E-state index contributed by atoms with van der Waals surface area (Å²) in [4.78, 5) is 39.1. The van der Waals surface area contributed by atoms with Crippen LogP contribution >= 0.6 is 0 Å². The number of hydrogen-bond acceptors (Lipinski definition) is 3. The second kappa shape index (κ2) is 7.63. The first-order valence-electron chi connectivity index (χ1n) is 9.98. The van der Waals surface area contributed by atoms with E-state index in [1.807, 2.05) is 49.5 Å². The summed E-state index contributed by atoms with van der Waals surface area (Å²) >= 11 is 0. The van der Waals surface area contributed by atoms with Crippen LogP contribution in [-0.4, -0.2) is 22.4 Å². The molecule has 152 valence electrons. The number of rotatable bonds is 4. The second-order valence-electron chi connectivity index (χ2n) is 7.56. The molecule has 1 aromatic heterocycles. The molecule has 1 N–H and O–H groups in total. The van der Waals surface area contributed by atoms with Crippen LogP contribution in [0.1, 0.15) is 37.4 Å². The van der Waals surface area contributed by atoms with E-state index in [0.717, 1.165) is 33.4 Å². The van der Waals surface area contributed by atoms with E-state index in [1.165, 1.54) is 0 Å². The van der Waals surface area contributed by atoms with Gasteiger partial charge in [-0.25, -0.2) is 9.69 Å². The molecule has 4 rings (SSSR count). The molecule has 2 aromatic carbocycles. The van der Waals surface area contributed by atoms with Gasteiger partial charge < -0.3 is 4.57 Å². The Morgan fingerprint density at radius 3 is 2.43 bits per heavy atom. The molecule has 0 spiro atoms. The number of aryl methyl sites for hydroxylation is 1. The Balaban J connectivity index is 1.81. The molecule has 1 saturated heterocycles. The van der Waals surface area contributed by atoms with Crippen LogP contribution in [0.25, 0.3) is 17.0 Å². The Labute approximate surface area is 174 Å². The molecule has 1 aliphatic rings. The fourth-order valence-electron chi connectivity index (χ4n) is 3.65. The molecule has 0 saturated carbocycles. The molecule has 6 nitrogen and oxygen atoms in total. The van der Waals surface area contributed by atoms with E-state index < -0.39 is 17.8 Å². The highest BCUT2D eigenvalue weighted by atomic mass is 16.2. The summed E-state index contributed by atoms with van der Waals surface area (Å²) in [6.45, 7) is 6.16. The normalized spacial score (nSPS) is 17.0. The van der Waals surface area contributed by atoms with Crippen molar-refractivity contribution >= 4 is 40.5 Å². The van der Waals surface area contributed by atoms with E-state index in [1.54, 1.807) is 18.2 Å². The summed E-state index contributed by atoms with van der Waals surface area (Å²) in [6, 6.07) is 14.4. The molecule has 0 radical (unpaired) electrons. The zero-order valence-corrected chi connectivity index (χ0v) is 17.2. The van der Waals surface area contributed by atoms with E-state index >= 15 is 0 Å². The van der Waals surface area contributed by atoms with Crippen molar-refractivity contribution in [3.63, 3.8) is 0 Å². The molecule has 1 fully saturated rings. The van der Waals surface area contributed by atoms with Gasteiger partial charge in [0.25, 0.3) is 11.8 Å². The molecular formula is C24H23N3O3. The van der Waals surface area contributed by atoms with Gasteiger partial charge in [0.2, 0.25) is 0 Å². The number of carbonyl (C=O) groups excluding carboxylic acids is 3. The average molecular weight is 401 g/mol. The monoisotopic (exact) mass is 401 g/mol. The fraction of sp³-hybridized carbons (Fsp3) is 0.208. The van der Waals surface area contributed by atoms with Gasteiger partial charge >= 0.3 is 6.03 Å². The van der Waals surface area contributed by atoms with E-state index in [2.05, 4.69) is 23.7 Å². The van der Waals surface area contributed by atoms with Crippen molar-refractivity contribution in [3.8, 4) is 0 Å². The number of nitrogens with one attached hydrogen (secondary N) is 1. The summed E-state index contributed by atoms with van der Waals surface area (Å²) in [7, 11) is 0. The number of benzene rings is 2. The molecule has 1 atom stereocenters. The Kier molecular flexibility index (Phi) is 4.99. The maximum atomic E-state index is 13.1. The minimum absolute atomic E-state index is 0.0674. The van der Waals surface area contributed by atoms with Crippen molar-refractivity contribution < 1.29 is 14.4 Å². The summed E-state index contributed by atoms with van der Waals surface area (Å²) in [5.41, 5.74) is 3.16. The number of nitrogens with zero attached hydrogens (tertiary/aromatic N) is 2. The third-order valence-corrected chi connectivity index (χ3v) is 5.53. The van der Waals surface area contributed by atoms with E-state index in [-0.39, 0.29) is 11.6 Å². The van der Waals surface area contributed by atoms with Crippen LogP contribution in [0.15, 0.2) is 60.3 Å². The molecule has 30 heavy (non-hydrogen) atoms. The molecule has 6 heteroatoms. The van der Waals surface area contributed by atoms with Gasteiger partial charge in [-0.1, -0.05) is 42.8 Å². The van der Waals surface area contributed by atoms with Crippen molar-refractivity contribution in [1.82, 2.24) is 9.88 Å². The minimum atomic E-state index is -0.743. The van der Waals surface area contributed by atoms with Gasteiger partial charge in [-0.2, -0.15) is 0 Å². The third-order valence-electron chi connectivity index (χ3n) is 5.53. The number of amides is 4. The first kappa shape index (κ1) is 19.6. The number of carbonyl (C=O) groups is 3. The molecule has 1 aliphatic heterocycles. The molecule has 0 bridgehead atoms. The number of hydrogen-bond donors (Lipinski definition) is 1. The predicted molar refractivity (Wildman–Crippen MR) is 117 cm³/mol. The maximum Gasteiger partial charge on any atom is 0.335 e. The van der Waals surface area contributed by atoms with E-state index in [4.69, 9.17) is 0 Å². The Morgan fingerprint density at radius 2 is 1.73 bits per heavy atom. The zero-order valence-electron chi connectivity index (χ0n) is 17.2. The molecule has 0 aliphatic carbocycles. The van der Waals surface area contributed by atoms with E-state index in [0.29, 0.717) is 5.69 Å². The van der Waals surface area contributed by atoms with Gasteiger partial charge in [0, 0.05) is 28.7 Å². The summed E-state index contributed by atoms with van der Waals surface area (Å²) < 4.78 is 2.15. The largest absolute Gasteiger partial charge is 0.344 e. The van der Waals surface area contributed by atoms with Crippen LogP contribution in [0.3, 0.4) is 0 Å². The predicted octanol–water partition coefficient (Wildman–Crippen LogP) is 4.59. The lowest BCUT2D eigenvalue weighted by atomic mass is 10.1. The molecule has 0 unspecified atom stereocenters. The first-order valence-corrected chi connectivity index (χ1v) is 9.98. The second-order valence-corrected chi connectivity index (χ2v) is 7.56. The topological polar surface area (TPSA) is 71.4 Å². The van der Waals surface area contributed by atoms with Crippen molar-refractivity contribution in [2.24, 2.45) is 0 Å². The van der Waals surface area contributed by atoms with Crippen LogP contribution in [0, 0.1) is 6.92 Å². The highest BCUT2D eigenvalue weighted by Crippen LogP contribution is 2.29. The van der Waals surface area contributed by atoms with Gasteiger partial charge in [-0.05, 0) is 44.5 Å². The number of para-hydroxylation sites is 1. The maximum absolute atomic E-state index is 13.1. The first-order chi connectivity index (χ1) is 14.4. The van der Waals surface area contributed by atoms with Crippen LogP contribution < -0.4 is 10.2 Å². The van der Waals surface area contributed by atoms with E-state index in [9.17, 15) is 14.4 Å². The molecular weight excluding hydrogens is 378 g/mol. The van der Waals surface area contributed by atoms with Crippen LogP contribution in [-0.2, 0) is 9.59 Å². The molecule has 3 aromatic rings. The smallest absolute Gasteiger partial charge is 0.335 e. The number of fused-ring (bicyclic) bond motifs is 1. The van der Waals surface area contributed by atoms with Gasteiger partial charge in [-0.15, -0.1) is 0 Å². The number of aromatic nitrogens is 1. The van der Waals surface area contributed by atoms with Crippen molar-refractivity contribution in [1.29, 1.82) is 0 Å². The van der Waals surface area contributed by atoms with Crippen LogP contribution in [0.2, 0.25) is 0 Å². The Morgan fingerprint density at radius 1 is 1.03 bits per heavy atom. The fourth-order valence-corrected chi connectivity index (χ4v) is 3.65. The van der Waals surface area contributed by atoms with Crippen LogP contribution in [0.4, 0.5) is 10.5 Å². The zero-order chi connectivity index (χ0) is 21.4. The quantitative estimate of drug-likeness (QED) is 0.513. The van der Waals surface area contributed by atoms with Crippen molar-refractivity contribution in [2.45, 2.75) is 33.2 Å². The highest BCUT2D eigenvalue weighted by Gasteiger charge is 2.37. The minimum Gasteiger partial charge on any atom is -0.344 e. The Bertz CT molecular complexity index is 1190. The molecule has 4 amide bonds. The summed E-state index contributed by atoms with van der Waals surface area (Å²) in [5, 5.41) is 3.23. The lowest BCUT2D eigenvalue weighted by molar-refractivity contribution is -0.122. The number of imide groups is 2. The summed E-state index contributed by atoms with van der Waals surface area (Å²) in [5.74, 6) is -1.32. The van der Waals surface area contributed by atoms with Crippen molar-refractivity contribution in [2.75, 3.05) is 4.90 Å². The lowest BCUT2D eigenvalue weighted by Crippen LogP contribution is -2.54. The van der Waals surface area contributed by atoms with Gasteiger partial charge in [-0.3, -0.25) is 14.9 Å². The average Bonchev–Trinajstić information content (AvgIpc) is 3.10. The van der Waals surface area contributed by atoms with Gasteiger partial charge in [0.15, 0.2) is 0 Å². The SMILES string of the molecule is CC[C@H](C)n1cc(/C=C2\C(=O)NC(=O)N(c3ccc(C)cc3)C2=O)c2ccccc21. The number of barbiturate groups is 1. The highest BCUT2D eigenvalue weighted by molar-refractivity contribution is 6.39. The number of anilines is 1. The third kappa shape index (κ3) is 3.30. The standard InChI is InChI=1S/C24H23N3O3/c1-4-16(3)26-14-17(19-7-5-6-8-21(19)26)13-20-22(28)25-24(30)27(23(20)29)18-11-9-15(2)10-12-18/h5-14,16H,4H2,1-3H3,(H,25,28,30)/b20-13+/t16-/m0/s1.